The molecule has 1 rings (SSSR count). The summed E-state index contributed by atoms with van der Waals surface area (Å²) in [5, 5.41) is 0.239. The summed E-state index contributed by atoms with van der Waals surface area (Å²) in [6, 6.07) is 7.92. The Bertz CT molecular complexity index is 435. The van der Waals surface area contributed by atoms with Crippen molar-refractivity contribution in [3.63, 3.8) is 0 Å². The topological polar surface area (TPSA) is 18.5 Å². The number of hydrogen-bond donors (Lipinski definition) is 0. The summed E-state index contributed by atoms with van der Waals surface area (Å²) in [5.41, 5.74) is 1.16. The average Bonchev–Trinajstić information content (AvgIpc) is 2.34. The van der Waals surface area contributed by atoms with E-state index in [1.54, 1.807) is 0 Å². The van der Waals surface area contributed by atoms with Crippen LogP contribution < -0.4 is 4.74 Å². The molecular weight excluding hydrogens is 252 g/mol. The maximum atomic E-state index is 6.17. The van der Waals surface area contributed by atoms with Crippen molar-refractivity contribution >= 4 is 8.32 Å². The van der Waals surface area contributed by atoms with E-state index in [0.29, 0.717) is 13.2 Å². The molecule has 0 spiro atoms. The van der Waals surface area contributed by atoms with Crippen molar-refractivity contribution < 1.29 is 9.16 Å². The predicted octanol–water partition coefficient (Wildman–Crippen LogP) is 4.22. The molecule has 0 fully saturated rings. The molecule has 104 valence electrons. The first kappa shape index (κ1) is 15.8. The Morgan fingerprint density at radius 3 is 2.21 bits per heavy atom. The van der Waals surface area contributed by atoms with Crippen molar-refractivity contribution in [2.45, 2.75) is 45.5 Å². The van der Waals surface area contributed by atoms with Gasteiger partial charge in [-0.3, -0.25) is 0 Å². The minimum absolute atomic E-state index is 0.239. The normalized spacial score (nSPS) is 12.0. The van der Waals surface area contributed by atoms with Crippen molar-refractivity contribution in [2.24, 2.45) is 0 Å². The van der Waals surface area contributed by atoms with Gasteiger partial charge >= 0.3 is 0 Å². The fraction of sp³-hybridized carbons (Fsp3) is 0.500. The Hall–Kier alpha value is -1.24. The molecule has 3 heteroatoms. The van der Waals surface area contributed by atoms with Gasteiger partial charge in [0.25, 0.3) is 0 Å². The van der Waals surface area contributed by atoms with E-state index < -0.39 is 8.32 Å². The lowest BCUT2D eigenvalue weighted by Gasteiger charge is -2.36. The zero-order valence-electron chi connectivity index (χ0n) is 12.6. The quantitative estimate of drug-likeness (QED) is 0.592. The van der Waals surface area contributed by atoms with Crippen LogP contribution in [0.2, 0.25) is 18.1 Å². The molecule has 0 saturated heterocycles. The summed E-state index contributed by atoms with van der Waals surface area (Å²) < 4.78 is 11.5. The van der Waals surface area contributed by atoms with E-state index in [1.165, 1.54) is 0 Å². The van der Waals surface area contributed by atoms with Gasteiger partial charge in [-0.15, -0.1) is 6.42 Å². The lowest BCUT2D eigenvalue weighted by molar-refractivity contribution is 0.276. The third-order valence-corrected chi connectivity index (χ3v) is 8.13. The molecule has 2 nitrogen and oxygen atoms in total. The lowest BCUT2D eigenvalue weighted by Crippen LogP contribution is -2.40. The van der Waals surface area contributed by atoms with Gasteiger partial charge in [0.05, 0.1) is 6.61 Å². The number of ether oxygens (including phenoxy) is 1. The summed E-state index contributed by atoms with van der Waals surface area (Å²) >= 11 is 0. The average molecular weight is 276 g/mol. The number of rotatable bonds is 5. The van der Waals surface area contributed by atoms with Gasteiger partial charge in [0.15, 0.2) is 8.32 Å². The van der Waals surface area contributed by atoms with E-state index in [0.717, 1.165) is 11.3 Å². The lowest BCUT2D eigenvalue weighted by atomic mass is 10.2. The standard InChI is InChI=1S/C16H24O2Si/c1-7-12-17-15-10-8-14(9-11-15)13-18-19(5,6)16(2,3)4/h1,8-11H,12-13H2,2-6H3. The van der Waals surface area contributed by atoms with Crippen molar-refractivity contribution in [3.05, 3.63) is 29.8 Å². The zero-order chi connectivity index (χ0) is 14.5. The van der Waals surface area contributed by atoms with E-state index in [-0.39, 0.29) is 5.04 Å². The second-order valence-corrected chi connectivity index (χ2v) is 11.0. The predicted molar refractivity (Wildman–Crippen MR) is 82.8 cm³/mol. The van der Waals surface area contributed by atoms with Crippen LogP contribution in [0.3, 0.4) is 0 Å². The van der Waals surface area contributed by atoms with Crippen molar-refractivity contribution in [3.8, 4) is 18.1 Å². The first-order valence-electron chi connectivity index (χ1n) is 6.55. The van der Waals surface area contributed by atoms with Gasteiger partial charge in [-0.25, -0.2) is 0 Å². The SMILES string of the molecule is C#CCOc1ccc(CO[Si](C)(C)C(C)(C)C)cc1. The molecule has 0 amide bonds. The molecule has 0 atom stereocenters. The molecule has 0 aliphatic heterocycles. The van der Waals surface area contributed by atoms with Crippen LogP contribution in [0, 0.1) is 12.3 Å². The summed E-state index contributed by atoms with van der Waals surface area (Å²) in [7, 11) is -1.68. The Kier molecular flexibility index (Phi) is 5.22. The molecular formula is C16H24O2Si. The fourth-order valence-corrected chi connectivity index (χ4v) is 2.25. The van der Waals surface area contributed by atoms with Crippen LogP contribution in [0.1, 0.15) is 26.3 Å². The number of benzene rings is 1. The van der Waals surface area contributed by atoms with Gasteiger partial charge in [0, 0.05) is 0 Å². The second-order valence-electron chi connectivity index (χ2n) is 6.19. The number of hydrogen-bond acceptors (Lipinski definition) is 2. The van der Waals surface area contributed by atoms with Gasteiger partial charge in [-0.1, -0.05) is 38.8 Å². The van der Waals surface area contributed by atoms with Gasteiger partial charge in [-0.2, -0.15) is 0 Å². The molecule has 0 aromatic heterocycles. The van der Waals surface area contributed by atoms with Crippen LogP contribution in [-0.2, 0) is 11.0 Å². The highest BCUT2D eigenvalue weighted by molar-refractivity contribution is 6.74. The first-order valence-corrected chi connectivity index (χ1v) is 9.46. The molecule has 0 aliphatic carbocycles. The summed E-state index contributed by atoms with van der Waals surface area (Å²) in [5.74, 6) is 3.25. The highest BCUT2D eigenvalue weighted by atomic mass is 28.4. The molecule has 0 unspecified atom stereocenters. The van der Waals surface area contributed by atoms with Gasteiger partial charge in [0.2, 0.25) is 0 Å². The van der Waals surface area contributed by atoms with Crippen LogP contribution in [0.25, 0.3) is 0 Å². The molecule has 0 N–H and O–H groups in total. The highest BCUT2D eigenvalue weighted by Gasteiger charge is 2.36. The molecule has 1 aromatic rings. The molecule has 0 saturated carbocycles. The smallest absolute Gasteiger partial charge is 0.192 e. The molecule has 1 aromatic carbocycles. The maximum Gasteiger partial charge on any atom is 0.192 e. The summed E-state index contributed by atoms with van der Waals surface area (Å²) in [6.45, 7) is 12.2. The Balaban J connectivity index is 2.57. The van der Waals surface area contributed by atoms with Crippen molar-refractivity contribution in [1.29, 1.82) is 0 Å². The second kappa shape index (κ2) is 6.27. The van der Waals surface area contributed by atoms with E-state index in [4.69, 9.17) is 15.6 Å². The first-order chi connectivity index (χ1) is 8.76. The van der Waals surface area contributed by atoms with Gasteiger partial charge in [0.1, 0.15) is 12.4 Å². The zero-order valence-corrected chi connectivity index (χ0v) is 13.6. The Labute approximate surface area is 118 Å². The maximum absolute atomic E-state index is 6.17. The highest BCUT2D eigenvalue weighted by Crippen LogP contribution is 2.37. The van der Waals surface area contributed by atoms with Gasteiger partial charge in [-0.05, 0) is 35.8 Å². The fourth-order valence-electron chi connectivity index (χ4n) is 1.29. The van der Waals surface area contributed by atoms with Gasteiger partial charge < -0.3 is 9.16 Å². The molecule has 0 aliphatic rings. The largest absolute Gasteiger partial charge is 0.481 e. The molecule has 0 bridgehead atoms. The molecule has 0 radical (unpaired) electrons. The molecule has 0 heterocycles. The van der Waals surface area contributed by atoms with E-state index in [9.17, 15) is 0 Å². The van der Waals surface area contributed by atoms with E-state index in [2.05, 4.69) is 39.8 Å². The van der Waals surface area contributed by atoms with Crippen LogP contribution in [-0.4, -0.2) is 14.9 Å². The third kappa shape index (κ3) is 4.74. The van der Waals surface area contributed by atoms with E-state index >= 15 is 0 Å². The Morgan fingerprint density at radius 2 is 1.74 bits per heavy atom. The van der Waals surface area contributed by atoms with E-state index in [1.807, 2.05) is 24.3 Å². The summed E-state index contributed by atoms with van der Waals surface area (Å²) in [6.07, 6.45) is 5.15. The molecule has 19 heavy (non-hydrogen) atoms. The number of terminal acetylenes is 1. The van der Waals surface area contributed by atoms with Crippen LogP contribution in [0.4, 0.5) is 0 Å². The minimum Gasteiger partial charge on any atom is -0.481 e. The third-order valence-electron chi connectivity index (χ3n) is 3.65. The van der Waals surface area contributed by atoms with Crippen LogP contribution >= 0.6 is 0 Å². The van der Waals surface area contributed by atoms with Crippen molar-refractivity contribution in [1.82, 2.24) is 0 Å². The summed E-state index contributed by atoms with van der Waals surface area (Å²) in [4.78, 5) is 0. The Morgan fingerprint density at radius 1 is 1.16 bits per heavy atom. The van der Waals surface area contributed by atoms with Crippen molar-refractivity contribution in [2.75, 3.05) is 6.61 Å². The minimum atomic E-state index is -1.68. The van der Waals surface area contributed by atoms with Crippen LogP contribution in [0.15, 0.2) is 24.3 Å². The van der Waals surface area contributed by atoms with Crippen LogP contribution in [0.5, 0.6) is 5.75 Å². The monoisotopic (exact) mass is 276 g/mol.